The first-order chi connectivity index (χ1) is 9.52. The Labute approximate surface area is 115 Å². The molecule has 2 aromatic rings. The molecule has 0 saturated carbocycles. The third kappa shape index (κ3) is 2.80. The Morgan fingerprint density at radius 3 is 2.85 bits per heavy atom. The fourth-order valence-electron chi connectivity index (χ4n) is 2.13. The van der Waals surface area contributed by atoms with E-state index in [1.54, 1.807) is 18.2 Å². The van der Waals surface area contributed by atoms with Crippen molar-refractivity contribution < 1.29 is 9.90 Å². The lowest BCUT2D eigenvalue weighted by Crippen LogP contribution is -2.33. The Kier molecular flexibility index (Phi) is 4.05. The number of nitrogens with one attached hydrogen (secondary N) is 3. The second kappa shape index (κ2) is 5.75. The van der Waals surface area contributed by atoms with Crippen molar-refractivity contribution in [1.29, 1.82) is 0 Å². The Morgan fingerprint density at radius 1 is 1.45 bits per heavy atom. The summed E-state index contributed by atoms with van der Waals surface area (Å²) < 4.78 is 0. The van der Waals surface area contributed by atoms with Crippen molar-refractivity contribution in [2.45, 2.75) is 20.0 Å². The molecule has 0 fully saturated rings. The van der Waals surface area contributed by atoms with Crippen LogP contribution in [0.25, 0.3) is 10.9 Å². The highest BCUT2D eigenvalue weighted by atomic mass is 16.4. The molecule has 0 amide bonds. The summed E-state index contributed by atoms with van der Waals surface area (Å²) >= 11 is 0. The zero-order valence-corrected chi connectivity index (χ0v) is 11.4. The molecule has 20 heavy (non-hydrogen) atoms. The van der Waals surface area contributed by atoms with Crippen LogP contribution in [0.15, 0.2) is 29.1 Å². The molecule has 0 bridgehead atoms. The molecule has 0 aliphatic carbocycles. The number of carboxylic acids is 1. The molecule has 1 atom stereocenters. The Morgan fingerprint density at radius 2 is 2.20 bits per heavy atom. The van der Waals surface area contributed by atoms with Crippen LogP contribution in [0.3, 0.4) is 0 Å². The number of hydrogen-bond acceptors (Lipinski definition) is 4. The van der Waals surface area contributed by atoms with Crippen LogP contribution in [0.2, 0.25) is 0 Å². The second-order valence-corrected chi connectivity index (χ2v) is 4.50. The molecule has 0 saturated heterocycles. The van der Waals surface area contributed by atoms with Gasteiger partial charge in [-0.15, -0.1) is 0 Å². The standard InChI is InChI=1S/C14H17N3O3/c1-3-15-8(2)16-9-5-4-6-10-13(9)12(18)7-11(17-10)14(19)20/h4-8,15-16H,3H2,1-2H3,(H,17,18)(H,19,20). The Hall–Kier alpha value is -2.34. The maximum atomic E-state index is 12.1. The zero-order valence-electron chi connectivity index (χ0n) is 11.4. The number of fused-ring (bicyclic) bond motifs is 1. The predicted molar refractivity (Wildman–Crippen MR) is 78.3 cm³/mol. The monoisotopic (exact) mass is 275 g/mol. The van der Waals surface area contributed by atoms with Gasteiger partial charge in [0.15, 0.2) is 5.43 Å². The molecule has 1 aromatic heterocycles. The average Bonchev–Trinajstić information content (AvgIpc) is 2.38. The Bertz CT molecular complexity index is 694. The van der Waals surface area contributed by atoms with Gasteiger partial charge < -0.3 is 15.4 Å². The highest BCUT2D eigenvalue weighted by Gasteiger charge is 2.11. The molecular formula is C14H17N3O3. The molecule has 1 heterocycles. The molecule has 1 aromatic carbocycles. The first-order valence-corrected chi connectivity index (χ1v) is 6.42. The van der Waals surface area contributed by atoms with Crippen molar-refractivity contribution >= 4 is 22.6 Å². The third-order valence-corrected chi connectivity index (χ3v) is 2.97. The van der Waals surface area contributed by atoms with Crippen LogP contribution in [-0.4, -0.2) is 28.8 Å². The van der Waals surface area contributed by atoms with Crippen molar-refractivity contribution in [3.05, 3.63) is 40.2 Å². The van der Waals surface area contributed by atoms with E-state index in [0.717, 1.165) is 12.6 Å². The molecule has 1 unspecified atom stereocenters. The minimum absolute atomic E-state index is 0.00384. The van der Waals surface area contributed by atoms with Crippen molar-refractivity contribution in [3.63, 3.8) is 0 Å². The van der Waals surface area contributed by atoms with Gasteiger partial charge in [-0.2, -0.15) is 0 Å². The number of aromatic amines is 1. The normalized spacial score (nSPS) is 12.3. The fourth-order valence-corrected chi connectivity index (χ4v) is 2.13. The van der Waals surface area contributed by atoms with Crippen molar-refractivity contribution in [2.75, 3.05) is 11.9 Å². The van der Waals surface area contributed by atoms with E-state index in [-0.39, 0.29) is 17.3 Å². The van der Waals surface area contributed by atoms with Gasteiger partial charge in [-0.25, -0.2) is 4.79 Å². The summed E-state index contributed by atoms with van der Waals surface area (Å²) in [5.41, 5.74) is 0.750. The topological polar surface area (TPSA) is 94.2 Å². The molecule has 0 spiro atoms. The summed E-state index contributed by atoms with van der Waals surface area (Å²) in [5, 5.41) is 15.8. The smallest absolute Gasteiger partial charge is 0.352 e. The van der Waals surface area contributed by atoms with E-state index in [9.17, 15) is 9.59 Å². The van der Waals surface area contributed by atoms with Gasteiger partial charge in [-0.3, -0.25) is 10.1 Å². The van der Waals surface area contributed by atoms with Crippen LogP contribution in [-0.2, 0) is 0 Å². The summed E-state index contributed by atoms with van der Waals surface area (Å²) in [6.45, 7) is 4.74. The fraction of sp³-hybridized carbons (Fsp3) is 0.286. The molecule has 6 nitrogen and oxygen atoms in total. The third-order valence-electron chi connectivity index (χ3n) is 2.97. The number of H-pyrrole nitrogens is 1. The molecule has 2 rings (SSSR count). The van der Waals surface area contributed by atoms with E-state index in [0.29, 0.717) is 16.6 Å². The molecule has 6 heteroatoms. The van der Waals surface area contributed by atoms with Crippen molar-refractivity contribution in [3.8, 4) is 0 Å². The predicted octanol–water partition coefficient (Wildman–Crippen LogP) is 1.59. The lowest BCUT2D eigenvalue weighted by molar-refractivity contribution is 0.0691. The van der Waals surface area contributed by atoms with Gasteiger partial charge in [-0.05, 0) is 25.6 Å². The highest BCUT2D eigenvalue weighted by Crippen LogP contribution is 2.19. The minimum atomic E-state index is -1.15. The van der Waals surface area contributed by atoms with Crippen LogP contribution < -0.4 is 16.1 Å². The number of hydrogen-bond donors (Lipinski definition) is 4. The molecule has 4 N–H and O–H groups in total. The summed E-state index contributed by atoms with van der Waals surface area (Å²) in [6.07, 6.45) is 0.00384. The first-order valence-electron chi connectivity index (χ1n) is 6.42. The number of carbonyl (C=O) groups is 1. The quantitative estimate of drug-likeness (QED) is 0.622. The van der Waals surface area contributed by atoms with Crippen molar-refractivity contribution in [1.82, 2.24) is 10.3 Å². The molecule has 0 aliphatic rings. The van der Waals surface area contributed by atoms with E-state index in [2.05, 4.69) is 15.6 Å². The van der Waals surface area contributed by atoms with Gasteiger partial charge in [0.2, 0.25) is 0 Å². The largest absolute Gasteiger partial charge is 0.477 e. The van der Waals surface area contributed by atoms with E-state index in [1.807, 2.05) is 13.8 Å². The summed E-state index contributed by atoms with van der Waals surface area (Å²) in [7, 11) is 0. The number of rotatable bonds is 5. The van der Waals surface area contributed by atoms with E-state index in [1.165, 1.54) is 0 Å². The molecule has 106 valence electrons. The minimum Gasteiger partial charge on any atom is -0.477 e. The highest BCUT2D eigenvalue weighted by molar-refractivity contribution is 5.95. The lowest BCUT2D eigenvalue weighted by atomic mass is 10.1. The molecule has 0 radical (unpaired) electrons. The van der Waals surface area contributed by atoms with Crippen LogP contribution in [0, 0.1) is 0 Å². The number of anilines is 1. The number of aromatic nitrogens is 1. The second-order valence-electron chi connectivity index (χ2n) is 4.50. The van der Waals surface area contributed by atoms with Crippen molar-refractivity contribution in [2.24, 2.45) is 0 Å². The average molecular weight is 275 g/mol. The van der Waals surface area contributed by atoms with Crippen LogP contribution in [0.4, 0.5) is 5.69 Å². The van der Waals surface area contributed by atoms with Gasteiger partial charge in [0.05, 0.1) is 17.1 Å². The number of carboxylic acid groups (broad SMARTS) is 1. The van der Waals surface area contributed by atoms with Crippen LogP contribution in [0.5, 0.6) is 0 Å². The zero-order chi connectivity index (χ0) is 14.7. The Balaban J connectivity index is 2.52. The van der Waals surface area contributed by atoms with Gasteiger partial charge in [0, 0.05) is 11.8 Å². The summed E-state index contributed by atoms with van der Waals surface area (Å²) in [5.74, 6) is -1.15. The first kappa shape index (κ1) is 14.1. The van der Waals surface area contributed by atoms with Gasteiger partial charge in [0.1, 0.15) is 5.69 Å². The maximum absolute atomic E-state index is 12.1. The molecular weight excluding hydrogens is 258 g/mol. The number of pyridine rings is 1. The van der Waals surface area contributed by atoms with E-state index in [4.69, 9.17) is 5.11 Å². The van der Waals surface area contributed by atoms with Crippen LogP contribution in [0.1, 0.15) is 24.3 Å². The van der Waals surface area contributed by atoms with E-state index < -0.39 is 5.97 Å². The lowest BCUT2D eigenvalue weighted by Gasteiger charge is -2.17. The van der Waals surface area contributed by atoms with Gasteiger partial charge >= 0.3 is 5.97 Å². The summed E-state index contributed by atoms with van der Waals surface area (Å²) in [6, 6.07) is 6.36. The maximum Gasteiger partial charge on any atom is 0.352 e. The SMILES string of the molecule is CCNC(C)Nc1cccc2[nH]c(C(=O)O)cc(=O)c12. The summed E-state index contributed by atoms with van der Waals surface area (Å²) in [4.78, 5) is 25.8. The number of benzene rings is 1. The number of aromatic carboxylic acids is 1. The van der Waals surface area contributed by atoms with Gasteiger partial charge in [0.25, 0.3) is 0 Å². The van der Waals surface area contributed by atoms with Crippen LogP contribution >= 0.6 is 0 Å². The van der Waals surface area contributed by atoms with Gasteiger partial charge in [-0.1, -0.05) is 13.0 Å². The molecule has 0 aliphatic heterocycles. The van der Waals surface area contributed by atoms with E-state index >= 15 is 0 Å².